The van der Waals surface area contributed by atoms with Crippen LogP contribution in [0.1, 0.15) is 39.7 Å². The van der Waals surface area contributed by atoms with E-state index in [4.69, 9.17) is 0 Å². The Hall–Kier alpha value is -1.90. The van der Waals surface area contributed by atoms with Gasteiger partial charge in [0.2, 0.25) is 0 Å². The molecule has 3 heteroatoms. The van der Waals surface area contributed by atoms with Crippen LogP contribution in [-0.2, 0) is 13.5 Å². The number of hydrogen-bond acceptors (Lipinski definition) is 2. The zero-order valence-electron chi connectivity index (χ0n) is 11.3. The summed E-state index contributed by atoms with van der Waals surface area (Å²) in [6.07, 6.45) is 2.57. The van der Waals surface area contributed by atoms with E-state index in [1.165, 1.54) is 0 Å². The average Bonchev–Trinajstić information content (AvgIpc) is 2.68. The molecule has 0 saturated heterocycles. The summed E-state index contributed by atoms with van der Waals surface area (Å²) in [5.41, 5.74) is 4.54. The fourth-order valence-electron chi connectivity index (χ4n) is 2.25. The minimum Gasteiger partial charge on any atom is -0.288 e. The van der Waals surface area contributed by atoms with Gasteiger partial charge in [-0.05, 0) is 32.4 Å². The van der Waals surface area contributed by atoms with Gasteiger partial charge in [-0.15, -0.1) is 0 Å². The summed E-state index contributed by atoms with van der Waals surface area (Å²) in [6, 6.07) is 5.93. The highest BCUT2D eigenvalue weighted by Gasteiger charge is 2.16. The Morgan fingerprint density at radius 2 is 1.83 bits per heavy atom. The molecular weight excluding hydrogens is 224 g/mol. The molecule has 0 fully saturated rings. The van der Waals surface area contributed by atoms with Gasteiger partial charge >= 0.3 is 0 Å². The van der Waals surface area contributed by atoms with Gasteiger partial charge in [-0.2, -0.15) is 5.10 Å². The van der Waals surface area contributed by atoms with Gasteiger partial charge in [0.1, 0.15) is 0 Å². The highest BCUT2D eigenvalue weighted by molar-refractivity contribution is 6.09. The van der Waals surface area contributed by atoms with Crippen molar-refractivity contribution in [1.29, 1.82) is 0 Å². The van der Waals surface area contributed by atoms with Gasteiger partial charge in [-0.3, -0.25) is 9.48 Å². The molecule has 2 aromatic rings. The lowest BCUT2D eigenvalue weighted by Gasteiger charge is -2.04. The Morgan fingerprint density at radius 3 is 2.39 bits per heavy atom. The quantitative estimate of drug-likeness (QED) is 0.776. The van der Waals surface area contributed by atoms with E-state index in [1.807, 2.05) is 40.0 Å². The van der Waals surface area contributed by atoms with E-state index >= 15 is 0 Å². The van der Waals surface area contributed by atoms with Crippen LogP contribution < -0.4 is 0 Å². The van der Waals surface area contributed by atoms with E-state index in [9.17, 15) is 4.79 Å². The van der Waals surface area contributed by atoms with Crippen LogP contribution in [0.5, 0.6) is 0 Å². The van der Waals surface area contributed by atoms with Gasteiger partial charge in [0.15, 0.2) is 5.78 Å². The van der Waals surface area contributed by atoms with Gasteiger partial charge in [0, 0.05) is 18.8 Å². The predicted molar refractivity (Wildman–Crippen MR) is 71.9 cm³/mol. The number of nitrogens with zero attached hydrogens (tertiary/aromatic N) is 2. The summed E-state index contributed by atoms with van der Waals surface area (Å²) in [7, 11) is 1.84. The third-order valence-electron chi connectivity index (χ3n) is 2.97. The van der Waals surface area contributed by atoms with E-state index in [0.717, 1.165) is 28.8 Å². The van der Waals surface area contributed by atoms with Crippen molar-refractivity contribution in [3.05, 3.63) is 52.3 Å². The molecule has 0 aliphatic heterocycles. The summed E-state index contributed by atoms with van der Waals surface area (Å²) >= 11 is 0. The summed E-state index contributed by atoms with van der Waals surface area (Å²) in [4.78, 5) is 12.5. The Balaban J connectivity index is 2.47. The topological polar surface area (TPSA) is 34.9 Å². The Kier molecular flexibility index (Phi) is 3.32. The molecule has 0 amide bonds. The lowest BCUT2D eigenvalue weighted by atomic mass is 9.99. The van der Waals surface area contributed by atoms with Gasteiger partial charge < -0.3 is 0 Å². The molecule has 1 aromatic heterocycles. The van der Waals surface area contributed by atoms with Gasteiger partial charge in [-0.1, -0.05) is 24.1 Å². The summed E-state index contributed by atoms with van der Waals surface area (Å²) in [5.74, 6) is 0.0618. The van der Waals surface area contributed by atoms with Crippen LogP contribution in [0.3, 0.4) is 0 Å². The van der Waals surface area contributed by atoms with Gasteiger partial charge in [0.05, 0.1) is 11.3 Å². The Labute approximate surface area is 107 Å². The molecule has 0 atom stereocenters. The number of rotatable bonds is 3. The van der Waals surface area contributed by atoms with Crippen LogP contribution in [0.25, 0.3) is 0 Å². The van der Waals surface area contributed by atoms with E-state index in [1.54, 1.807) is 10.9 Å². The molecule has 94 valence electrons. The van der Waals surface area contributed by atoms with E-state index in [2.05, 4.69) is 11.2 Å². The Bertz CT molecular complexity index is 576. The van der Waals surface area contributed by atoms with Crippen LogP contribution in [0.2, 0.25) is 0 Å². The zero-order valence-corrected chi connectivity index (χ0v) is 11.3. The third-order valence-corrected chi connectivity index (χ3v) is 2.97. The lowest BCUT2D eigenvalue weighted by Crippen LogP contribution is -2.04. The Morgan fingerprint density at radius 1 is 1.22 bits per heavy atom. The van der Waals surface area contributed by atoms with Gasteiger partial charge in [0.25, 0.3) is 0 Å². The van der Waals surface area contributed by atoms with E-state index < -0.39 is 0 Å². The van der Waals surface area contributed by atoms with Crippen LogP contribution in [-0.4, -0.2) is 15.6 Å². The van der Waals surface area contributed by atoms with Gasteiger partial charge in [-0.25, -0.2) is 0 Å². The maximum absolute atomic E-state index is 12.5. The molecule has 0 unspecified atom stereocenters. The molecule has 1 heterocycles. The van der Waals surface area contributed by atoms with Crippen molar-refractivity contribution in [3.63, 3.8) is 0 Å². The molecule has 18 heavy (non-hydrogen) atoms. The molecule has 0 saturated carbocycles. The van der Waals surface area contributed by atoms with E-state index in [-0.39, 0.29) is 5.78 Å². The molecule has 0 spiro atoms. The first-order valence-electron chi connectivity index (χ1n) is 6.16. The fourth-order valence-corrected chi connectivity index (χ4v) is 2.25. The molecule has 0 N–H and O–H groups in total. The maximum atomic E-state index is 12.5. The molecule has 0 bridgehead atoms. The monoisotopic (exact) mass is 242 g/mol. The standard InChI is InChI=1S/C15H18N2O/c1-5-14-13(9-17(4)16-14)15(18)12-7-10(2)6-11(3)8-12/h6-9H,5H2,1-4H3. The second-order valence-electron chi connectivity index (χ2n) is 4.72. The first-order chi connectivity index (χ1) is 8.51. The van der Waals surface area contributed by atoms with Crippen molar-refractivity contribution in [2.75, 3.05) is 0 Å². The predicted octanol–water partition coefficient (Wildman–Crippen LogP) is 2.83. The molecule has 0 aliphatic carbocycles. The van der Waals surface area contributed by atoms with Crippen molar-refractivity contribution >= 4 is 5.78 Å². The van der Waals surface area contributed by atoms with Crippen LogP contribution in [0, 0.1) is 13.8 Å². The second kappa shape index (κ2) is 4.77. The zero-order chi connectivity index (χ0) is 13.3. The first-order valence-corrected chi connectivity index (χ1v) is 6.16. The van der Waals surface area contributed by atoms with Crippen molar-refractivity contribution < 1.29 is 4.79 Å². The normalized spacial score (nSPS) is 10.7. The molecule has 0 aliphatic rings. The minimum absolute atomic E-state index is 0.0618. The summed E-state index contributed by atoms with van der Waals surface area (Å²) < 4.78 is 1.70. The van der Waals surface area contributed by atoms with Crippen molar-refractivity contribution in [3.8, 4) is 0 Å². The fraction of sp³-hybridized carbons (Fsp3) is 0.333. The molecular formula is C15H18N2O. The number of aryl methyl sites for hydroxylation is 4. The second-order valence-corrected chi connectivity index (χ2v) is 4.72. The van der Waals surface area contributed by atoms with Crippen molar-refractivity contribution in [2.24, 2.45) is 7.05 Å². The summed E-state index contributed by atoms with van der Waals surface area (Å²) in [5, 5.41) is 4.32. The molecule has 3 nitrogen and oxygen atoms in total. The molecule has 0 radical (unpaired) electrons. The van der Waals surface area contributed by atoms with Crippen LogP contribution in [0.4, 0.5) is 0 Å². The average molecular weight is 242 g/mol. The third kappa shape index (κ3) is 2.35. The highest BCUT2D eigenvalue weighted by Crippen LogP contribution is 2.16. The molecule has 2 rings (SSSR count). The van der Waals surface area contributed by atoms with Crippen molar-refractivity contribution in [2.45, 2.75) is 27.2 Å². The number of benzene rings is 1. The van der Waals surface area contributed by atoms with E-state index in [0.29, 0.717) is 5.56 Å². The number of hydrogen-bond donors (Lipinski definition) is 0. The lowest BCUT2D eigenvalue weighted by molar-refractivity contribution is 0.103. The number of aromatic nitrogens is 2. The van der Waals surface area contributed by atoms with Crippen molar-refractivity contribution in [1.82, 2.24) is 9.78 Å². The largest absolute Gasteiger partial charge is 0.288 e. The number of ketones is 1. The maximum Gasteiger partial charge on any atom is 0.196 e. The summed E-state index contributed by atoms with van der Waals surface area (Å²) in [6.45, 7) is 6.03. The minimum atomic E-state index is 0.0618. The smallest absolute Gasteiger partial charge is 0.196 e. The number of carbonyl (C=O) groups is 1. The van der Waals surface area contributed by atoms with Crippen LogP contribution in [0.15, 0.2) is 24.4 Å². The highest BCUT2D eigenvalue weighted by atomic mass is 16.1. The molecule has 1 aromatic carbocycles. The van der Waals surface area contributed by atoms with Crippen LogP contribution >= 0.6 is 0 Å². The SMILES string of the molecule is CCc1nn(C)cc1C(=O)c1cc(C)cc(C)c1. The first kappa shape index (κ1) is 12.6. The number of carbonyl (C=O) groups excluding carboxylic acids is 1.